The first-order valence-electron chi connectivity index (χ1n) is 9.34. The molecule has 1 aliphatic heterocycles. The maximum Gasteiger partial charge on any atom is 0.573 e. The second-order valence-corrected chi connectivity index (χ2v) is 7.01. The van der Waals surface area contributed by atoms with E-state index in [0.717, 1.165) is 12.0 Å². The van der Waals surface area contributed by atoms with E-state index >= 15 is 0 Å². The summed E-state index contributed by atoms with van der Waals surface area (Å²) in [6.07, 6.45) is -4.02. The fraction of sp³-hybridized carbons (Fsp3) is 0.381. The number of carbonyl (C=O) groups excluding carboxylic acids is 1. The van der Waals surface area contributed by atoms with Gasteiger partial charge in [0.25, 0.3) is 0 Å². The topological polar surface area (TPSA) is 50.8 Å². The summed E-state index contributed by atoms with van der Waals surface area (Å²) >= 11 is 0. The van der Waals surface area contributed by atoms with Gasteiger partial charge < -0.3 is 19.7 Å². The lowest BCUT2D eigenvalue weighted by atomic mass is 10.1. The van der Waals surface area contributed by atoms with Gasteiger partial charge in [-0.25, -0.2) is 0 Å². The van der Waals surface area contributed by atoms with Crippen LogP contribution in [0.2, 0.25) is 0 Å². The molecule has 1 aliphatic rings. The van der Waals surface area contributed by atoms with Gasteiger partial charge in [0.05, 0.1) is 12.6 Å². The predicted octanol–water partition coefficient (Wildman–Crippen LogP) is 4.44. The molecule has 156 valence electrons. The summed E-state index contributed by atoms with van der Waals surface area (Å²) in [5.41, 5.74) is 1.64. The molecule has 1 saturated heterocycles. The van der Waals surface area contributed by atoms with E-state index in [-0.39, 0.29) is 23.8 Å². The maximum absolute atomic E-state index is 12.4. The van der Waals surface area contributed by atoms with Gasteiger partial charge in [0.15, 0.2) is 0 Å². The smallest absolute Gasteiger partial charge is 0.489 e. The normalized spacial score (nSPS) is 17.7. The van der Waals surface area contributed by atoms with Crippen LogP contribution in [0, 0.1) is 0 Å². The molecular weight excluding hydrogens is 385 g/mol. The minimum absolute atomic E-state index is 0.0687. The number of rotatable bonds is 6. The fourth-order valence-electron chi connectivity index (χ4n) is 3.35. The van der Waals surface area contributed by atoms with Crippen LogP contribution in [-0.4, -0.2) is 31.5 Å². The quantitative estimate of drug-likeness (QED) is 0.768. The Morgan fingerprint density at radius 3 is 2.55 bits per heavy atom. The van der Waals surface area contributed by atoms with Crippen LogP contribution in [0.1, 0.15) is 31.9 Å². The predicted molar refractivity (Wildman–Crippen MR) is 103 cm³/mol. The zero-order valence-corrected chi connectivity index (χ0v) is 16.2. The van der Waals surface area contributed by atoms with E-state index in [4.69, 9.17) is 4.74 Å². The van der Waals surface area contributed by atoms with Crippen LogP contribution in [0.15, 0.2) is 48.5 Å². The maximum atomic E-state index is 12.4. The molecule has 29 heavy (non-hydrogen) atoms. The van der Waals surface area contributed by atoms with Crippen LogP contribution < -0.4 is 19.7 Å². The molecule has 0 bridgehead atoms. The van der Waals surface area contributed by atoms with Gasteiger partial charge in [0, 0.05) is 31.6 Å². The highest BCUT2D eigenvalue weighted by atomic mass is 19.4. The van der Waals surface area contributed by atoms with Gasteiger partial charge in [-0.2, -0.15) is 0 Å². The third-order valence-corrected chi connectivity index (χ3v) is 4.66. The highest BCUT2D eigenvalue weighted by Crippen LogP contribution is 2.29. The van der Waals surface area contributed by atoms with E-state index in [0.29, 0.717) is 24.5 Å². The van der Waals surface area contributed by atoms with Crippen LogP contribution >= 0.6 is 0 Å². The van der Waals surface area contributed by atoms with Gasteiger partial charge in [-0.05, 0) is 36.8 Å². The summed E-state index contributed by atoms with van der Waals surface area (Å²) in [5.74, 6) is 0.390. The Hall–Kier alpha value is -2.90. The van der Waals surface area contributed by atoms with Crippen molar-refractivity contribution in [1.82, 2.24) is 5.32 Å². The Labute approximate surface area is 167 Å². The van der Waals surface area contributed by atoms with Crippen molar-refractivity contribution in [2.75, 3.05) is 18.0 Å². The average Bonchev–Trinajstić information content (AvgIpc) is 3.09. The molecule has 2 aromatic carbocycles. The van der Waals surface area contributed by atoms with Gasteiger partial charge in [-0.1, -0.05) is 18.2 Å². The molecule has 1 N–H and O–H groups in total. The minimum Gasteiger partial charge on any atom is -0.489 e. The van der Waals surface area contributed by atoms with Crippen molar-refractivity contribution in [3.05, 3.63) is 54.1 Å². The number of halogens is 3. The highest BCUT2D eigenvalue weighted by molar-refractivity contribution is 5.73. The number of carbonyl (C=O) groups is 1. The summed E-state index contributed by atoms with van der Waals surface area (Å²) in [4.78, 5) is 13.1. The number of nitrogens with one attached hydrogen (secondary N) is 1. The first kappa shape index (κ1) is 20.8. The molecule has 0 saturated carbocycles. The number of ether oxygens (including phenoxy) is 2. The van der Waals surface area contributed by atoms with E-state index in [1.54, 1.807) is 12.1 Å². The third kappa shape index (κ3) is 6.04. The van der Waals surface area contributed by atoms with E-state index in [2.05, 4.69) is 10.1 Å². The fourth-order valence-corrected chi connectivity index (χ4v) is 3.35. The Morgan fingerprint density at radius 2 is 1.90 bits per heavy atom. The summed E-state index contributed by atoms with van der Waals surface area (Å²) < 4.78 is 47.3. The van der Waals surface area contributed by atoms with Crippen molar-refractivity contribution < 1.29 is 27.4 Å². The van der Waals surface area contributed by atoms with Gasteiger partial charge in [0.1, 0.15) is 17.6 Å². The molecular formula is C21H23F3N2O3. The number of nitrogens with zero attached hydrogens (tertiary/aromatic N) is 1. The third-order valence-electron chi connectivity index (χ3n) is 4.66. The largest absolute Gasteiger partial charge is 0.573 e. The molecule has 8 heteroatoms. The van der Waals surface area contributed by atoms with Crippen molar-refractivity contribution in [3.8, 4) is 11.5 Å². The molecule has 0 radical (unpaired) electrons. The molecule has 3 rings (SSSR count). The van der Waals surface area contributed by atoms with E-state index in [1.165, 1.54) is 19.1 Å². The standard InChI is InChI=1S/C21H23F3N2O3/c1-14(25-15(2)27)16-6-8-18(9-7-16)28-20-10-11-26(13-20)17-4-3-5-19(12-17)29-21(22,23)24/h3-9,12,14,20H,10-11,13H2,1-2H3,(H,25,27)/t14-,20+/m0/s1. The minimum atomic E-state index is -4.71. The zero-order valence-electron chi connectivity index (χ0n) is 16.2. The summed E-state index contributed by atoms with van der Waals surface area (Å²) in [7, 11) is 0. The van der Waals surface area contributed by atoms with E-state index < -0.39 is 6.36 Å². The molecule has 0 unspecified atom stereocenters. The lowest BCUT2D eigenvalue weighted by molar-refractivity contribution is -0.274. The number of hydrogen-bond donors (Lipinski definition) is 1. The summed E-state index contributed by atoms with van der Waals surface area (Å²) in [6.45, 7) is 4.63. The lowest BCUT2D eigenvalue weighted by Gasteiger charge is -2.20. The van der Waals surface area contributed by atoms with Crippen molar-refractivity contribution in [1.29, 1.82) is 0 Å². The van der Waals surface area contributed by atoms with Gasteiger partial charge >= 0.3 is 6.36 Å². The summed E-state index contributed by atoms with van der Waals surface area (Å²) in [5, 5.41) is 2.83. The number of alkyl halides is 3. The van der Waals surface area contributed by atoms with Crippen LogP contribution in [0.3, 0.4) is 0 Å². The van der Waals surface area contributed by atoms with Crippen molar-refractivity contribution in [2.24, 2.45) is 0 Å². The second-order valence-electron chi connectivity index (χ2n) is 7.01. The SMILES string of the molecule is CC(=O)N[C@@H](C)c1ccc(O[C@@H]2CCN(c3cccc(OC(F)(F)F)c3)C2)cc1. The molecule has 1 amide bonds. The van der Waals surface area contributed by atoms with Crippen LogP contribution in [0.25, 0.3) is 0 Å². The molecule has 2 atom stereocenters. The van der Waals surface area contributed by atoms with Crippen LogP contribution in [-0.2, 0) is 4.79 Å². The molecule has 0 aliphatic carbocycles. The van der Waals surface area contributed by atoms with Gasteiger partial charge in [-0.15, -0.1) is 13.2 Å². The Bertz CT molecular complexity index is 840. The van der Waals surface area contributed by atoms with Crippen LogP contribution in [0.4, 0.5) is 18.9 Å². The monoisotopic (exact) mass is 408 g/mol. The van der Waals surface area contributed by atoms with Crippen molar-refractivity contribution in [2.45, 2.75) is 38.8 Å². The van der Waals surface area contributed by atoms with Crippen molar-refractivity contribution >= 4 is 11.6 Å². The molecule has 5 nitrogen and oxygen atoms in total. The first-order valence-corrected chi connectivity index (χ1v) is 9.34. The Morgan fingerprint density at radius 1 is 1.17 bits per heavy atom. The number of amides is 1. The highest BCUT2D eigenvalue weighted by Gasteiger charge is 2.31. The average molecular weight is 408 g/mol. The van der Waals surface area contributed by atoms with Gasteiger partial charge in [-0.3, -0.25) is 4.79 Å². The van der Waals surface area contributed by atoms with Crippen LogP contribution in [0.5, 0.6) is 11.5 Å². The molecule has 0 spiro atoms. The first-order chi connectivity index (χ1) is 13.7. The number of anilines is 1. The number of hydrogen-bond acceptors (Lipinski definition) is 4. The molecule has 1 heterocycles. The molecule has 0 aromatic heterocycles. The molecule has 2 aromatic rings. The number of benzene rings is 2. The molecule has 1 fully saturated rings. The summed E-state index contributed by atoms with van der Waals surface area (Å²) in [6, 6.07) is 13.4. The van der Waals surface area contributed by atoms with Crippen molar-refractivity contribution in [3.63, 3.8) is 0 Å². The van der Waals surface area contributed by atoms with Gasteiger partial charge in [0.2, 0.25) is 5.91 Å². The second kappa shape index (κ2) is 8.63. The Balaban J connectivity index is 1.57. The van der Waals surface area contributed by atoms with E-state index in [1.807, 2.05) is 36.1 Å². The lowest BCUT2D eigenvalue weighted by Crippen LogP contribution is -2.25. The van der Waals surface area contributed by atoms with E-state index in [9.17, 15) is 18.0 Å². The zero-order chi connectivity index (χ0) is 21.0. The Kier molecular flexibility index (Phi) is 6.20.